The van der Waals surface area contributed by atoms with Crippen LogP contribution in [0.3, 0.4) is 0 Å². The van der Waals surface area contributed by atoms with E-state index in [0.717, 1.165) is 24.0 Å². The van der Waals surface area contributed by atoms with Gasteiger partial charge in [0.2, 0.25) is 0 Å². The van der Waals surface area contributed by atoms with Crippen molar-refractivity contribution >= 4 is 11.9 Å². The van der Waals surface area contributed by atoms with Crippen molar-refractivity contribution in [1.82, 2.24) is 0 Å². The van der Waals surface area contributed by atoms with Gasteiger partial charge in [-0.3, -0.25) is 9.59 Å². The summed E-state index contributed by atoms with van der Waals surface area (Å²) < 4.78 is 11.1. The summed E-state index contributed by atoms with van der Waals surface area (Å²) in [6, 6.07) is 0. The van der Waals surface area contributed by atoms with Crippen molar-refractivity contribution in [2.24, 2.45) is 11.8 Å². The SMILES string of the molecule is CCC(O)C(C)=CCCC(C)C=CC=C(C)C1OC(=O)CC(O)CCC(C)(O)C(OC(C)=O)C=CC1C. The van der Waals surface area contributed by atoms with Gasteiger partial charge in [-0.25, -0.2) is 0 Å². The number of cyclic esters (lactones) is 1. The van der Waals surface area contributed by atoms with Gasteiger partial charge < -0.3 is 24.8 Å². The van der Waals surface area contributed by atoms with E-state index in [1.54, 1.807) is 19.1 Å². The molecule has 7 nitrogen and oxygen atoms in total. The maximum Gasteiger partial charge on any atom is 0.309 e. The normalized spacial score (nSPS) is 30.3. The number of hydrogen-bond acceptors (Lipinski definition) is 7. The van der Waals surface area contributed by atoms with Gasteiger partial charge in [-0.15, -0.1) is 0 Å². The van der Waals surface area contributed by atoms with E-state index < -0.39 is 35.9 Å². The predicted molar refractivity (Wildman–Crippen MR) is 146 cm³/mol. The number of esters is 2. The van der Waals surface area contributed by atoms with Gasteiger partial charge in [0.1, 0.15) is 17.8 Å². The fourth-order valence-electron chi connectivity index (χ4n) is 4.25. The highest BCUT2D eigenvalue weighted by atomic mass is 16.6. The summed E-state index contributed by atoms with van der Waals surface area (Å²) >= 11 is 0. The summed E-state index contributed by atoms with van der Waals surface area (Å²) in [5.74, 6) is -0.962. The molecule has 1 aliphatic heterocycles. The minimum absolute atomic E-state index is 0.151. The third-order valence-corrected chi connectivity index (χ3v) is 6.87. The van der Waals surface area contributed by atoms with E-state index in [1.807, 2.05) is 39.8 Å². The first-order valence-corrected chi connectivity index (χ1v) is 13.4. The Kier molecular flexibility index (Phi) is 14.1. The molecule has 7 unspecified atom stereocenters. The van der Waals surface area contributed by atoms with Crippen molar-refractivity contribution in [3.8, 4) is 0 Å². The molecule has 0 saturated carbocycles. The Morgan fingerprint density at radius 3 is 2.59 bits per heavy atom. The van der Waals surface area contributed by atoms with E-state index in [9.17, 15) is 24.9 Å². The molecule has 0 aromatic carbocycles. The molecule has 0 amide bonds. The summed E-state index contributed by atoms with van der Waals surface area (Å²) in [6.45, 7) is 12.7. The van der Waals surface area contributed by atoms with Crippen molar-refractivity contribution < 1.29 is 34.4 Å². The zero-order valence-corrected chi connectivity index (χ0v) is 23.6. The van der Waals surface area contributed by atoms with E-state index in [0.29, 0.717) is 12.3 Å². The van der Waals surface area contributed by atoms with Crippen LogP contribution in [0.25, 0.3) is 0 Å². The monoisotopic (exact) mass is 520 g/mol. The fourth-order valence-corrected chi connectivity index (χ4v) is 4.25. The molecule has 0 spiro atoms. The lowest BCUT2D eigenvalue weighted by Crippen LogP contribution is -2.42. The molecule has 0 aromatic heterocycles. The van der Waals surface area contributed by atoms with Crippen LogP contribution in [0.2, 0.25) is 0 Å². The molecule has 0 aromatic rings. The van der Waals surface area contributed by atoms with Gasteiger partial charge in [-0.1, -0.05) is 51.2 Å². The lowest BCUT2D eigenvalue weighted by molar-refractivity contribution is -0.157. The lowest BCUT2D eigenvalue weighted by Gasteiger charge is -2.32. The molecule has 1 heterocycles. The third kappa shape index (κ3) is 12.2. The van der Waals surface area contributed by atoms with Gasteiger partial charge >= 0.3 is 11.9 Å². The molecule has 37 heavy (non-hydrogen) atoms. The van der Waals surface area contributed by atoms with Gasteiger partial charge in [0.15, 0.2) is 0 Å². The maximum atomic E-state index is 12.6. The van der Waals surface area contributed by atoms with Crippen LogP contribution in [0.5, 0.6) is 0 Å². The molecule has 0 aliphatic carbocycles. The van der Waals surface area contributed by atoms with Crippen LogP contribution >= 0.6 is 0 Å². The number of carbonyl (C=O) groups is 2. The van der Waals surface area contributed by atoms with Crippen LogP contribution < -0.4 is 0 Å². The Bertz CT molecular complexity index is 852. The topological polar surface area (TPSA) is 113 Å². The van der Waals surface area contributed by atoms with Crippen molar-refractivity contribution in [3.63, 3.8) is 0 Å². The Labute approximate surface area is 222 Å². The van der Waals surface area contributed by atoms with Gasteiger partial charge in [-0.05, 0) is 76.0 Å². The summed E-state index contributed by atoms with van der Waals surface area (Å²) in [6.07, 6.45) is 11.3. The van der Waals surface area contributed by atoms with Crippen molar-refractivity contribution in [1.29, 1.82) is 0 Å². The standard InChI is InChI=1S/C30H48O7/c1-8-26(33)21(3)13-9-11-20(2)12-10-14-22(4)29-23(5)15-16-27(36-24(6)31)30(7,35)18-17-25(32)19-28(34)37-29/h10,12-16,20,23,25-27,29,32-33,35H,8-9,11,17-19H2,1-7H3. The average Bonchev–Trinajstić information content (AvgIpc) is 2.82. The highest BCUT2D eigenvalue weighted by Gasteiger charge is 2.35. The lowest BCUT2D eigenvalue weighted by atomic mass is 9.88. The minimum Gasteiger partial charge on any atom is -0.457 e. The van der Waals surface area contributed by atoms with Crippen LogP contribution in [0.1, 0.15) is 87.0 Å². The average molecular weight is 521 g/mol. The zero-order valence-electron chi connectivity index (χ0n) is 23.6. The van der Waals surface area contributed by atoms with Gasteiger partial charge in [-0.2, -0.15) is 0 Å². The van der Waals surface area contributed by atoms with E-state index in [-0.39, 0.29) is 31.3 Å². The second-order valence-electron chi connectivity index (χ2n) is 10.7. The highest BCUT2D eigenvalue weighted by molar-refractivity contribution is 5.70. The largest absolute Gasteiger partial charge is 0.457 e. The number of aliphatic hydroxyl groups is 3. The zero-order chi connectivity index (χ0) is 28.2. The molecule has 3 N–H and O–H groups in total. The number of aliphatic hydroxyl groups excluding tert-OH is 2. The molecule has 210 valence electrons. The quantitative estimate of drug-likeness (QED) is 0.224. The number of hydrogen-bond donors (Lipinski definition) is 3. The Morgan fingerprint density at radius 1 is 1.30 bits per heavy atom. The molecular weight excluding hydrogens is 472 g/mol. The van der Waals surface area contributed by atoms with Crippen LogP contribution in [0.4, 0.5) is 0 Å². The summed E-state index contributed by atoms with van der Waals surface area (Å²) in [5, 5.41) is 31.1. The maximum absolute atomic E-state index is 12.6. The summed E-state index contributed by atoms with van der Waals surface area (Å²) in [5.41, 5.74) is 0.439. The van der Waals surface area contributed by atoms with Crippen molar-refractivity contribution in [2.75, 3.05) is 0 Å². The molecule has 0 fully saturated rings. The smallest absolute Gasteiger partial charge is 0.309 e. The van der Waals surface area contributed by atoms with Crippen molar-refractivity contribution in [2.45, 2.75) is 117 Å². The molecule has 1 rings (SSSR count). The van der Waals surface area contributed by atoms with Crippen LogP contribution in [0.15, 0.2) is 47.6 Å². The molecule has 0 bridgehead atoms. The van der Waals surface area contributed by atoms with E-state index in [4.69, 9.17) is 9.47 Å². The number of ether oxygens (including phenoxy) is 2. The first-order chi connectivity index (χ1) is 17.3. The molecule has 0 radical (unpaired) electrons. The number of allylic oxidation sites excluding steroid dienone is 4. The molecule has 7 heteroatoms. The predicted octanol–water partition coefficient (Wildman–Crippen LogP) is 4.95. The molecule has 0 saturated heterocycles. The second kappa shape index (κ2) is 15.9. The van der Waals surface area contributed by atoms with E-state index in [2.05, 4.69) is 19.1 Å². The van der Waals surface area contributed by atoms with E-state index >= 15 is 0 Å². The first kappa shape index (κ1) is 32.8. The Balaban J connectivity index is 3.04. The van der Waals surface area contributed by atoms with Crippen LogP contribution in [-0.2, 0) is 19.1 Å². The molecular formula is C30H48O7. The Hall–Kier alpha value is -2.22. The second-order valence-corrected chi connectivity index (χ2v) is 10.7. The van der Waals surface area contributed by atoms with Gasteiger partial charge in [0.05, 0.1) is 18.6 Å². The summed E-state index contributed by atoms with van der Waals surface area (Å²) in [4.78, 5) is 24.2. The van der Waals surface area contributed by atoms with Crippen molar-refractivity contribution in [3.05, 3.63) is 47.6 Å². The third-order valence-electron chi connectivity index (χ3n) is 6.87. The van der Waals surface area contributed by atoms with E-state index in [1.165, 1.54) is 6.92 Å². The highest BCUT2D eigenvalue weighted by Crippen LogP contribution is 2.27. The summed E-state index contributed by atoms with van der Waals surface area (Å²) in [7, 11) is 0. The fraction of sp³-hybridized carbons (Fsp3) is 0.667. The first-order valence-electron chi connectivity index (χ1n) is 13.4. The number of rotatable bonds is 9. The van der Waals surface area contributed by atoms with Gasteiger partial charge in [0.25, 0.3) is 0 Å². The number of carbonyl (C=O) groups excluding carboxylic acids is 2. The van der Waals surface area contributed by atoms with Gasteiger partial charge in [0, 0.05) is 12.8 Å². The molecule has 1 aliphatic rings. The van der Waals surface area contributed by atoms with Crippen LogP contribution in [0, 0.1) is 11.8 Å². The van der Waals surface area contributed by atoms with Crippen LogP contribution in [-0.4, -0.2) is 57.3 Å². The Morgan fingerprint density at radius 2 is 1.97 bits per heavy atom. The minimum atomic E-state index is -1.40. The molecule has 7 atom stereocenters.